The zero-order valence-electron chi connectivity index (χ0n) is 16.2. The Morgan fingerprint density at radius 2 is 1.93 bits per heavy atom. The van der Waals surface area contributed by atoms with E-state index in [1.54, 1.807) is 0 Å². The van der Waals surface area contributed by atoms with Crippen LogP contribution in [0.25, 0.3) is 0 Å². The van der Waals surface area contributed by atoms with Gasteiger partial charge in [0.25, 0.3) is 11.8 Å². The van der Waals surface area contributed by atoms with Crippen LogP contribution >= 0.6 is 0 Å². The Morgan fingerprint density at radius 1 is 1.17 bits per heavy atom. The predicted molar refractivity (Wildman–Crippen MR) is 103 cm³/mol. The molecule has 8 heteroatoms. The van der Waals surface area contributed by atoms with E-state index in [0.29, 0.717) is 12.8 Å². The summed E-state index contributed by atoms with van der Waals surface area (Å²) in [5, 5.41) is 5.62. The van der Waals surface area contributed by atoms with Crippen LogP contribution < -0.4 is 10.6 Å². The summed E-state index contributed by atoms with van der Waals surface area (Å²) in [6, 6.07) is 7.32. The van der Waals surface area contributed by atoms with Crippen molar-refractivity contribution >= 4 is 23.8 Å². The molecule has 3 aliphatic rings. The number of benzene rings is 1. The summed E-state index contributed by atoms with van der Waals surface area (Å²) < 4.78 is 5.02. The van der Waals surface area contributed by atoms with Crippen molar-refractivity contribution in [3.8, 4) is 0 Å². The number of imide groups is 1. The van der Waals surface area contributed by atoms with Gasteiger partial charge in [0.05, 0.1) is 6.04 Å². The fourth-order valence-corrected chi connectivity index (χ4v) is 4.60. The highest BCUT2D eigenvalue weighted by Crippen LogP contribution is 2.35. The Morgan fingerprint density at radius 3 is 2.72 bits per heavy atom. The molecule has 154 valence electrons. The van der Waals surface area contributed by atoms with E-state index in [4.69, 9.17) is 4.74 Å². The molecule has 1 aromatic carbocycles. The van der Waals surface area contributed by atoms with Gasteiger partial charge in [-0.25, -0.2) is 4.79 Å². The fourth-order valence-electron chi connectivity index (χ4n) is 4.60. The van der Waals surface area contributed by atoms with Gasteiger partial charge in [-0.05, 0) is 43.2 Å². The average molecular weight is 399 g/mol. The summed E-state index contributed by atoms with van der Waals surface area (Å²) in [6.07, 6.45) is 5.73. The second-order valence-corrected chi connectivity index (χ2v) is 7.98. The maximum atomic E-state index is 12.5. The van der Waals surface area contributed by atoms with Gasteiger partial charge in [0.15, 0.2) is 6.61 Å². The molecule has 1 aromatic rings. The highest BCUT2D eigenvalue weighted by Gasteiger charge is 2.52. The van der Waals surface area contributed by atoms with Gasteiger partial charge in [-0.1, -0.05) is 37.1 Å². The van der Waals surface area contributed by atoms with Crippen molar-refractivity contribution in [2.75, 3.05) is 13.2 Å². The second kappa shape index (κ2) is 7.85. The molecule has 29 heavy (non-hydrogen) atoms. The van der Waals surface area contributed by atoms with Crippen molar-refractivity contribution in [1.29, 1.82) is 0 Å². The van der Waals surface area contributed by atoms with E-state index in [1.807, 2.05) is 18.2 Å². The first-order valence-corrected chi connectivity index (χ1v) is 10.2. The number of hydrogen-bond acceptors (Lipinski definition) is 5. The van der Waals surface area contributed by atoms with E-state index in [1.165, 1.54) is 5.56 Å². The van der Waals surface area contributed by atoms with Crippen molar-refractivity contribution in [2.45, 2.75) is 56.5 Å². The monoisotopic (exact) mass is 399 g/mol. The quantitative estimate of drug-likeness (QED) is 0.578. The molecular weight excluding hydrogens is 374 g/mol. The van der Waals surface area contributed by atoms with E-state index >= 15 is 0 Å². The zero-order valence-corrected chi connectivity index (χ0v) is 16.2. The first-order valence-electron chi connectivity index (χ1n) is 10.2. The van der Waals surface area contributed by atoms with Gasteiger partial charge in [0, 0.05) is 0 Å². The maximum absolute atomic E-state index is 12.5. The Hall–Kier alpha value is -2.90. The molecule has 0 aromatic heterocycles. The summed E-state index contributed by atoms with van der Waals surface area (Å²) in [4.78, 5) is 49.9. The van der Waals surface area contributed by atoms with Crippen LogP contribution in [-0.2, 0) is 25.5 Å². The van der Waals surface area contributed by atoms with E-state index < -0.39 is 36.6 Å². The summed E-state index contributed by atoms with van der Waals surface area (Å²) in [5.41, 5.74) is 1.46. The number of fused-ring (bicyclic) bond motifs is 1. The highest BCUT2D eigenvalue weighted by atomic mass is 16.5. The summed E-state index contributed by atoms with van der Waals surface area (Å²) >= 11 is 0. The number of nitrogens with zero attached hydrogens (tertiary/aromatic N) is 1. The molecule has 4 rings (SSSR count). The molecule has 0 unspecified atom stereocenters. The van der Waals surface area contributed by atoms with Crippen LogP contribution in [0, 0.1) is 0 Å². The van der Waals surface area contributed by atoms with Gasteiger partial charge < -0.3 is 15.4 Å². The first-order chi connectivity index (χ1) is 14.0. The van der Waals surface area contributed by atoms with Crippen LogP contribution in [0.4, 0.5) is 4.79 Å². The number of aryl methyl sites for hydroxylation is 1. The largest absolute Gasteiger partial charge is 0.454 e. The van der Waals surface area contributed by atoms with Crippen molar-refractivity contribution in [3.63, 3.8) is 0 Å². The number of carbonyl (C=O) groups is 4. The Labute approximate surface area is 169 Å². The Bertz CT molecular complexity index is 846. The molecule has 1 saturated heterocycles. The molecule has 2 fully saturated rings. The normalized spacial score (nSPS) is 22.3. The third kappa shape index (κ3) is 3.83. The van der Waals surface area contributed by atoms with Gasteiger partial charge in [-0.2, -0.15) is 0 Å². The molecule has 2 aliphatic carbocycles. The molecule has 8 nitrogen and oxygen atoms in total. The third-order valence-corrected chi connectivity index (χ3v) is 6.06. The molecule has 1 heterocycles. The Balaban J connectivity index is 1.27. The number of esters is 1. The lowest BCUT2D eigenvalue weighted by molar-refractivity contribution is -0.151. The summed E-state index contributed by atoms with van der Waals surface area (Å²) in [5.74, 6) is -1.55. The lowest BCUT2D eigenvalue weighted by atomic mass is 9.88. The van der Waals surface area contributed by atoms with E-state index in [2.05, 4.69) is 16.7 Å². The molecule has 1 saturated carbocycles. The van der Waals surface area contributed by atoms with Crippen molar-refractivity contribution in [2.24, 2.45) is 0 Å². The molecule has 1 spiro atoms. The summed E-state index contributed by atoms with van der Waals surface area (Å²) in [7, 11) is 0. The van der Waals surface area contributed by atoms with Gasteiger partial charge >= 0.3 is 12.0 Å². The van der Waals surface area contributed by atoms with Gasteiger partial charge in [-0.15, -0.1) is 0 Å². The summed E-state index contributed by atoms with van der Waals surface area (Å²) in [6.45, 7) is -0.918. The zero-order chi connectivity index (χ0) is 20.4. The maximum Gasteiger partial charge on any atom is 0.326 e. The van der Waals surface area contributed by atoms with Gasteiger partial charge in [-0.3, -0.25) is 19.3 Å². The molecule has 1 atom stereocenters. The van der Waals surface area contributed by atoms with Crippen LogP contribution in [-0.4, -0.2) is 47.4 Å². The van der Waals surface area contributed by atoms with Gasteiger partial charge in [0.1, 0.15) is 12.1 Å². The average Bonchev–Trinajstić information content (AvgIpc) is 3.27. The van der Waals surface area contributed by atoms with Crippen molar-refractivity contribution in [1.82, 2.24) is 15.5 Å². The molecule has 4 amide bonds. The minimum atomic E-state index is -0.858. The van der Waals surface area contributed by atoms with Crippen molar-refractivity contribution < 1.29 is 23.9 Å². The van der Waals surface area contributed by atoms with Crippen LogP contribution in [0.2, 0.25) is 0 Å². The standard InChI is InChI=1S/C21H25N3O5/c25-17(22-16-9-5-7-14-6-1-2-8-15(14)16)13-29-18(26)12-24-19(27)21(23-20(24)28)10-3-4-11-21/h1-2,6,8,16H,3-5,7,9-13H2,(H,22,25)(H,23,28)/t16-/m0/s1. The van der Waals surface area contributed by atoms with E-state index in [-0.39, 0.29) is 11.9 Å². The Kier molecular flexibility index (Phi) is 5.25. The number of hydrogen-bond donors (Lipinski definition) is 2. The molecule has 2 N–H and O–H groups in total. The molecule has 1 aliphatic heterocycles. The second-order valence-electron chi connectivity index (χ2n) is 7.98. The number of urea groups is 1. The topological polar surface area (TPSA) is 105 Å². The van der Waals surface area contributed by atoms with E-state index in [0.717, 1.165) is 42.6 Å². The third-order valence-electron chi connectivity index (χ3n) is 6.06. The minimum absolute atomic E-state index is 0.0979. The number of carbonyl (C=O) groups excluding carboxylic acids is 4. The van der Waals surface area contributed by atoms with Crippen LogP contribution in [0.5, 0.6) is 0 Å². The number of amides is 4. The van der Waals surface area contributed by atoms with E-state index in [9.17, 15) is 19.2 Å². The van der Waals surface area contributed by atoms with Crippen LogP contribution in [0.1, 0.15) is 55.7 Å². The lowest BCUT2D eigenvalue weighted by Crippen LogP contribution is -2.44. The lowest BCUT2D eigenvalue weighted by Gasteiger charge is -2.26. The molecule has 0 radical (unpaired) electrons. The van der Waals surface area contributed by atoms with Crippen molar-refractivity contribution in [3.05, 3.63) is 35.4 Å². The minimum Gasteiger partial charge on any atom is -0.454 e. The van der Waals surface area contributed by atoms with Gasteiger partial charge in [0.2, 0.25) is 0 Å². The number of ether oxygens (including phenoxy) is 1. The number of nitrogens with one attached hydrogen (secondary N) is 2. The first kappa shape index (κ1) is 19.4. The molecule has 0 bridgehead atoms. The predicted octanol–water partition coefficient (Wildman–Crippen LogP) is 1.59. The van der Waals surface area contributed by atoms with Crippen LogP contribution in [0.3, 0.4) is 0 Å². The smallest absolute Gasteiger partial charge is 0.326 e. The highest BCUT2D eigenvalue weighted by molar-refractivity contribution is 6.08. The fraction of sp³-hybridized carbons (Fsp3) is 0.524. The SMILES string of the molecule is O=C(COC(=O)CN1C(=O)NC2(CCCC2)C1=O)N[C@H]1CCCc2ccccc21. The number of rotatable bonds is 5. The molecular formula is C21H25N3O5. The van der Waals surface area contributed by atoms with Crippen LogP contribution in [0.15, 0.2) is 24.3 Å².